The van der Waals surface area contributed by atoms with Crippen LogP contribution in [0.4, 0.5) is 0 Å². The predicted molar refractivity (Wildman–Crippen MR) is 77.4 cm³/mol. The van der Waals surface area contributed by atoms with Crippen LogP contribution in [0.5, 0.6) is 0 Å². The highest BCUT2D eigenvalue weighted by Gasteiger charge is 2.23. The SMILES string of the molecule is CC(CCCO)NC(=O)CC1OCCc2ccccc21. The Morgan fingerprint density at radius 3 is 3.10 bits per heavy atom. The number of nitrogens with one attached hydrogen (secondary N) is 1. The van der Waals surface area contributed by atoms with Gasteiger partial charge in [0.2, 0.25) is 5.91 Å². The Bertz CT molecular complexity index is 447. The summed E-state index contributed by atoms with van der Waals surface area (Å²) in [4.78, 5) is 12.0. The van der Waals surface area contributed by atoms with Gasteiger partial charge in [-0.25, -0.2) is 0 Å². The summed E-state index contributed by atoms with van der Waals surface area (Å²) in [6.07, 6.45) is 2.65. The second-order valence-corrected chi connectivity index (χ2v) is 5.35. The molecule has 110 valence electrons. The Morgan fingerprint density at radius 2 is 2.30 bits per heavy atom. The minimum atomic E-state index is -0.134. The van der Waals surface area contributed by atoms with Crippen molar-refractivity contribution in [1.82, 2.24) is 5.32 Å². The molecule has 0 aromatic heterocycles. The molecule has 20 heavy (non-hydrogen) atoms. The average Bonchev–Trinajstić information content (AvgIpc) is 2.45. The minimum Gasteiger partial charge on any atom is -0.396 e. The van der Waals surface area contributed by atoms with E-state index in [9.17, 15) is 4.79 Å². The summed E-state index contributed by atoms with van der Waals surface area (Å²) in [5.41, 5.74) is 2.42. The zero-order chi connectivity index (χ0) is 14.4. The van der Waals surface area contributed by atoms with Crippen LogP contribution in [0.2, 0.25) is 0 Å². The molecule has 0 radical (unpaired) electrons. The number of hydrogen-bond acceptors (Lipinski definition) is 3. The third-order valence-corrected chi connectivity index (χ3v) is 3.67. The van der Waals surface area contributed by atoms with Gasteiger partial charge >= 0.3 is 0 Å². The number of hydrogen-bond donors (Lipinski definition) is 2. The van der Waals surface area contributed by atoms with Crippen LogP contribution in [0.3, 0.4) is 0 Å². The summed E-state index contributed by atoms with van der Waals surface area (Å²) < 4.78 is 5.74. The Labute approximate surface area is 120 Å². The van der Waals surface area contributed by atoms with Gasteiger partial charge in [0.05, 0.1) is 19.1 Å². The van der Waals surface area contributed by atoms with Crippen LogP contribution < -0.4 is 5.32 Å². The van der Waals surface area contributed by atoms with Gasteiger partial charge < -0.3 is 15.2 Å². The highest BCUT2D eigenvalue weighted by molar-refractivity contribution is 5.77. The summed E-state index contributed by atoms with van der Waals surface area (Å²) in [5, 5.41) is 11.7. The summed E-state index contributed by atoms with van der Waals surface area (Å²) in [5.74, 6) is 0.0112. The van der Waals surface area contributed by atoms with E-state index in [1.165, 1.54) is 5.56 Å². The van der Waals surface area contributed by atoms with Gasteiger partial charge in [-0.2, -0.15) is 0 Å². The number of ether oxygens (including phenoxy) is 1. The van der Waals surface area contributed by atoms with Gasteiger partial charge in [-0.05, 0) is 37.3 Å². The molecule has 0 saturated heterocycles. The number of amides is 1. The van der Waals surface area contributed by atoms with Crippen LogP contribution >= 0.6 is 0 Å². The van der Waals surface area contributed by atoms with E-state index < -0.39 is 0 Å². The topological polar surface area (TPSA) is 58.6 Å². The predicted octanol–water partition coefficient (Wildman–Crippen LogP) is 1.97. The second kappa shape index (κ2) is 7.41. The Hall–Kier alpha value is -1.39. The quantitative estimate of drug-likeness (QED) is 0.836. The first-order valence-electron chi connectivity index (χ1n) is 7.30. The van der Waals surface area contributed by atoms with Crippen molar-refractivity contribution in [3.8, 4) is 0 Å². The van der Waals surface area contributed by atoms with Crippen LogP contribution in [0.25, 0.3) is 0 Å². The van der Waals surface area contributed by atoms with Crippen molar-refractivity contribution >= 4 is 5.91 Å². The zero-order valence-electron chi connectivity index (χ0n) is 12.0. The highest BCUT2D eigenvalue weighted by Crippen LogP contribution is 2.29. The highest BCUT2D eigenvalue weighted by atomic mass is 16.5. The molecule has 2 N–H and O–H groups in total. The molecular weight excluding hydrogens is 254 g/mol. The van der Waals surface area contributed by atoms with Crippen molar-refractivity contribution in [3.63, 3.8) is 0 Å². The molecule has 1 amide bonds. The number of fused-ring (bicyclic) bond motifs is 1. The molecule has 1 aliphatic heterocycles. The van der Waals surface area contributed by atoms with Gasteiger partial charge in [-0.3, -0.25) is 4.79 Å². The lowest BCUT2D eigenvalue weighted by atomic mass is 9.95. The fraction of sp³-hybridized carbons (Fsp3) is 0.562. The van der Waals surface area contributed by atoms with Crippen LogP contribution in [-0.4, -0.2) is 30.3 Å². The number of aliphatic hydroxyl groups is 1. The van der Waals surface area contributed by atoms with Crippen molar-refractivity contribution in [2.75, 3.05) is 13.2 Å². The molecule has 1 aromatic rings. The lowest BCUT2D eigenvalue weighted by Gasteiger charge is -2.26. The molecule has 1 aliphatic rings. The van der Waals surface area contributed by atoms with E-state index in [4.69, 9.17) is 9.84 Å². The molecule has 0 fully saturated rings. The lowest BCUT2D eigenvalue weighted by Crippen LogP contribution is -2.34. The van der Waals surface area contributed by atoms with Crippen molar-refractivity contribution in [2.45, 2.75) is 44.8 Å². The van der Waals surface area contributed by atoms with Gasteiger partial charge in [0.1, 0.15) is 0 Å². The summed E-state index contributed by atoms with van der Waals surface area (Å²) in [7, 11) is 0. The molecule has 1 aromatic carbocycles. The maximum absolute atomic E-state index is 12.0. The van der Waals surface area contributed by atoms with E-state index in [0.29, 0.717) is 19.4 Å². The molecule has 4 heteroatoms. The number of carbonyl (C=O) groups excluding carboxylic acids is 1. The summed E-state index contributed by atoms with van der Waals surface area (Å²) in [6, 6.07) is 8.25. The van der Waals surface area contributed by atoms with Crippen LogP contribution in [-0.2, 0) is 16.0 Å². The third-order valence-electron chi connectivity index (χ3n) is 3.67. The van der Waals surface area contributed by atoms with Gasteiger partial charge in [0.15, 0.2) is 0 Å². The van der Waals surface area contributed by atoms with Gasteiger partial charge in [-0.15, -0.1) is 0 Å². The van der Waals surface area contributed by atoms with Crippen molar-refractivity contribution < 1.29 is 14.6 Å². The molecule has 2 rings (SSSR count). The minimum absolute atomic E-state index is 0.0112. The number of aliphatic hydroxyl groups excluding tert-OH is 1. The molecule has 0 spiro atoms. The second-order valence-electron chi connectivity index (χ2n) is 5.35. The molecule has 1 heterocycles. The largest absolute Gasteiger partial charge is 0.396 e. The Kier molecular flexibility index (Phi) is 5.56. The Balaban J connectivity index is 1.89. The first kappa shape index (κ1) is 15.0. The molecule has 4 nitrogen and oxygen atoms in total. The molecule has 0 aliphatic carbocycles. The van der Waals surface area contributed by atoms with Crippen molar-refractivity contribution in [1.29, 1.82) is 0 Å². The smallest absolute Gasteiger partial charge is 0.223 e. The van der Waals surface area contributed by atoms with E-state index in [1.807, 2.05) is 25.1 Å². The zero-order valence-corrected chi connectivity index (χ0v) is 12.0. The van der Waals surface area contributed by atoms with Gasteiger partial charge in [0.25, 0.3) is 0 Å². The van der Waals surface area contributed by atoms with E-state index in [2.05, 4.69) is 11.4 Å². The standard InChI is InChI=1S/C16H23NO3/c1-12(5-4-9-18)17-16(19)11-15-14-7-3-2-6-13(14)8-10-20-15/h2-3,6-7,12,15,18H,4-5,8-11H2,1H3,(H,17,19). The molecular formula is C16H23NO3. The molecule has 2 atom stereocenters. The summed E-state index contributed by atoms with van der Waals surface area (Å²) in [6.45, 7) is 2.80. The monoisotopic (exact) mass is 277 g/mol. The fourth-order valence-corrected chi connectivity index (χ4v) is 2.62. The number of carbonyl (C=O) groups is 1. The first-order chi connectivity index (χ1) is 9.70. The lowest BCUT2D eigenvalue weighted by molar-refractivity contribution is -0.125. The number of benzene rings is 1. The number of rotatable bonds is 6. The van der Waals surface area contributed by atoms with E-state index in [-0.39, 0.29) is 24.7 Å². The van der Waals surface area contributed by atoms with Crippen LogP contribution in [0.15, 0.2) is 24.3 Å². The maximum atomic E-state index is 12.0. The van der Waals surface area contributed by atoms with E-state index >= 15 is 0 Å². The van der Waals surface area contributed by atoms with Crippen LogP contribution in [0, 0.1) is 0 Å². The normalized spacial score (nSPS) is 19.2. The Morgan fingerprint density at radius 1 is 1.50 bits per heavy atom. The van der Waals surface area contributed by atoms with E-state index in [1.54, 1.807) is 0 Å². The summed E-state index contributed by atoms with van der Waals surface area (Å²) >= 11 is 0. The van der Waals surface area contributed by atoms with Crippen molar-refractivity contribution in [3.05, 3.63) is 35.4 Å². The van der Waals surface area contributed by atoms with Gasteiger partial charge in [-0.1, -0.05) is 24.3 Å². The van der Waals surface area contributed by atoms with E-state index in [0.717, 1.165) is 18.4 Å². The van der Waals surface area contributed by atoms with Crippen molar-refractivity contribution in [2.24, 2.45) is 0 Å². The third kappa shape index (κ3) is 4.05. The first-order valence-corrected chi connectivity index (χ1v) is 7.30. The molecule has 0 bridgehead atoms. The van der Waals surface area contributed by atoms with Crippen LogP contribution in [0.1, 0.15) is 43.4 Å². The molecule has 2 unspecified atom stereocenters. The average molecular weight is 277 g/mol. The molecule has 0 saturated carbocycles. The van der Waals surface area contributed by atoms with Gasteiger partial charge in [0, 0.05) is 12.6 Å². The fourth-order valence-electron chi connectivity index (χ4n) is 2.62. The maximum Gasteiger partial charge on any atom is 0.223 e.